The van der Waals surface area contributed by atoms with E-state index < -0.39 is 5.63 Å². The highest BCUT2D eigenvalue weighted by Crippen LogP contribution is 2.22. The van der Waals surface area contributed by atoms with Gasteiger partial charge in [0.05, 0.1) is 6.61 Å². The molecule has 1 aromatic heterocycles. The molecule has 1 heterocycles. The summed E-state index contributed by atoms with van der Waals surface area (Å²) in [6.45, 7) is 1.15. The number of benzene rings is 1. The van der Waals surface area contributed by atoms with E-state index in [1.54, 1.807) is 12.1 Å². The predicted molar refractivity (Wildman–Crippen MR) is 64.6 cm³/mol. The van der Waals surface area contributed by atoms with Crippen LogP contribution in [0.3, 0.4) is 0 Å². The number of aliphatic hydroxyl groups excluding tert-OH is 1. The first-order valence-corrected chi connectivity index (χ1v) is 5.40. The number of carbonyl (C=O) groups excluding carboxylic acids is 1. The first-order valence-electron chi connectivity index (χ1n) is 5.40. The molecule has 0 bridgehead atoms. The first kappa shape index (κ1) is 12.3. The molecule has 0 aliphatic carbocycles. The minimum Gasteiger partial charge on any atom is -0.486 e. The number of hydrogen-bond acceptors (Lipinski definition) is 5. The maximum Gasteiger partial charge on any atom is 0.336 e. The summed E-state index contributed by atoms with van der Waals surface area (Å²) in [5, 5.41) is 9.79. The summed E-state index contributed by atoms with van der Waals surface area (Å²) >= 11 is 0. The van der Waals surface area contributed by atoms with Crippen LogP contribution >= 0.6 is 0 Å². The van der Waals surface area contributed by atoms with Crippen LogP contribution in [0.25, 0.3) is 11.0 Å². The first-order chi connectivity index (χ1) is 8.60. The Labute approximate surface area is 103 Å². The number of hydrogen-bond donors (Lipinski definition) is 1. The molecule has 0 spiro atoms. The molecule has 2 aromatic rings. The van der Waals surface area contributed by atoms with Gasteiger partial charge in [-0.1, -0.05) is 0 Å². The fraction of sp³-hybridized carbons (Fsp3) is 0.231. The molecule has 0 radical (unpaired) electrons. The van der Waals surface area contributed by atoms with E-state index in [1.807, 2.05) is 0 Å². The van der Waals surface area contributed by atoms with Crippen LogP contribution in [0.2, 0.25) is 0 Å². The van der Waals surface area contributed by atoms with Crippen molar-refractivity contribution in [3.05, 3.63) is 40.2 Å². The van der Waals surface area contributed by atoms with E-state index in [0.29, 0.717) is 22.3 Å². The van der Waals surface area contributed by atoms with Crippen molar-refractivity contribution in [2.45, 2.75) is 13.5 Å². The van der Waals surface area contributed by atoms with Gasteiger partial charge in [0.1, 0.15) is 17.9 Å². The van der Waals surface area contributed by atoms with Crippen LogP contribution in [0.1, 0.15) is 12.5 Å². The Balaban J connectivity index is 2.45. The Hall–Kier alpha value is -2.14. The van der Waals surface area contributed by atoms with Crippen LogP contribution in [0.15, 0.2) is 33.5 Å². The van der Waals surface area contributed by atoms with Gasteiger partial charge >= 0.3 is 5.63 Å². The highest BCUT2D eigenvalue weighted by molar-refractivity contribution is 5.81. The molecule has 0 amide bonds. The normalized spacial score (nSPS) is 10.6. The van der Waals surface area contributed by atoms with Crippen molar-refractivity contribution in [2.75, 3.05) is 6.61 Å². The van der Waals surface area contributed by atoms with Crippen molar-refractivity contribution in [1.82, 2.24) is 0 Å². The molecule has 0 aliphatic heterocycles. The van der Waals surface area contributed by atoms with Crippen LogP contribution in [-0.2, 0) is 11.4 Å². The minimum atomic E-state index is -0.532. The lowest BCUT2D eigenvalue weighted by Gasteiger charge is -2.06. The van der Waals surface area contributed by atoms with Gasteiger partial charge in [-0.15, -0.1) is 0 Å². The third-order valence-corrected chi connectivity index (χ3v) is 2.41. The second-order valence-corrected chi connectivity index (χ2v) is 3.90. The summed E-state index contributed by atoms with van der Waals surface area (Å²) < 4.78 is 10.2. The van der Waals surface area contributed by atoms with E-state index in [0.717, 1.165) is 0 Å². The Morgan fingerprint density at radius 3 is 2.83 bits per heavy atom. The molecule has 94 valence electrons. The molecule has 0 unspecified atom stereocenters. The topological polar surface area (TPSA) is 76.7 Å². The summed E-state index contributed by atoms with van der Waals surface area (Å²) in [6, 6.07) is 6.11. The van der Waals surface area contributed by atoms with Crippen molar-refractivity contribution in [1.29, 1.82) is 0 Å². The second kappa shape index (κ2) is 5.01. The van der Waals surface area contributed by atoms with E-state index in [9.17, 15) is 9.59 Å². The molecule has 0 aliphatic rings. The van der Waals surface area contributed by atoms with Gasteiger partial charge in [-0.2, -0.15) is 0 Å². The Morgan fingerprint density at radius 1 is 1.39 bits per heavy atom. The molecule has 5 nitrogen and oxygen atoms in total. The molecule has 0 fully saturated rings. The van der Waals surface area contributed by atoms with E-state index in [2.05, 4.69) is 0 Å². The Bertz CT molecular complexity index is 641. The lowest BCUT2D eigenvalue weighted by atomic mass is 10.1. The zero-order chi connectivity index (χ0) is 13.1. The number of carbonyl (C=O) groups is 1. The minimum absolute atomic E-state index is 0.0323. The van der Waals surface area contributed by atoms with Crippen LogP contribution < -0.4 is 10.4 Å². The van der Waals surface area contributed by atoms with Gasteiger partial charge in [0.15, 0.2) is 5.78 Å². The molecule has 2 rings (SSSR count). The molecule has 0 saturated heterocycles. The van der Waals surface area contributed by atoms with Gasteiger partial charge in [-0.25, -0.2) is 4.79 Å². The number of aliphatic hydroxyl groups is 1. The third-order valence-electron chi connectivity index (χ3n) is 2.41. The standard InChI is InChI=1S/C13H12O5/c1-8(15)7-17-10-2-3-11-9(6-14)4-13(16)18-12(11)5-10/h2-5,14H,6-7H2,1H3. The van der Waals surface area contributed by atoms with Crippen molar-refractivity contribution < 1.29 is 19.1 Å². The fourth-order valence-electron chi connectivity index (χ4n) is 1.62. The summed E-state index contributed by atoms with van der Waals surface area (Å²) in [7, 11) is 0. The maximum atomic E-state index is 11.3. The molecule has 1 aromatic carbocycles. The quantitative estimate of drug-likeness (QED) is 0.824. The van der Waals surface area contributed by atoms with E-state index in [4.69, 9.17) is 14.3 Å². The van der Waals surface area contributed by atoms with Gasteiger partial charge in [-0.05, 0) is 24.6 Å². The number of ketones is 1. The van der Waals surface area contributed by atoms with Gasteiger partial charge in [-0.3, -0.25) is 4.79 Å². The van der Waals surface area contributed by atoms with E-state index in [-0.39, 0.29) is 19.0 Å². The average Bonchev–Trinajstić information content (AvgIpc) is 2.34. The Kier molecular flexibility index (Phi) is 3.43. The summed E-state index contributed by atoms with van der Waals surface area (Å²) in [5.74, 6) is 0.344. The second-order valence-electron chi connectivity index (χ2n) is 3.90. The molecule has 0 atom stereocenters. The van der Waals surface area contributed by atoms with Gasteiger partial charge in [0, 0.05) is 17.5 Å². The van der Waals surface area contributed by atoms with Crippen LogP contribution in [0.5, 0.6) is 5.75 Å². The maximum absolute atomic E-state index is 11.3. The molecular weight excluding hydrogens is 236 g/mol. The molecule has 0 saturated carbocycles. The van der Waals surface area contributed by atoms with Gasteiger partial charge < -0.3 is 14.3 Å². The molecular formula is C13H12O5. The van der Waals surface area contributed by atoms with Crippen LogP contribution in [0, 0.1) is 0 Å². The fourth-order valence-corrected chi connectivity index (χ4v) is 1.62. The van der Waals surface area contributed by atoms with Crippen LogP contribution in [0.4, 0.5) is 0 Å². The summed E-state index contributed by atoms with van der Waals surface area (Å²) in [4.78, 5) is 22.1. The highest BCUT2D eigenvalue weighted by Gasteiger charge is 2.06. The van der Waals surface area contributed by atoms with Crippen molar-refractivity contribution in [3.63, 3.8) is 0 Å². The predicted octanol–water partition coefficient (Wildman–Crippen LogP) is 1.25. The smallest absolute Gasteiger partial charge is 0.336 e. The molecule has 18 heavy (non-hydrogen) atoms. The number of Topliss-reactive ketones (excluding diaryl/α,β-unsaturated/α-hetero) is 1. The number of fused-ring (bicyclic) bond motifs is 1. The SMILES string of the molecule is CC(=O)COc1ccc2c(CO)cc(=O)oc2c1. The summed E-state index contributed by atoms with van der Waals surface area (Å²) in [5.41, 5.74) is 0.294. The van der Waals surface area contributed by atoms with E-state index in [1.165, 1.54) is 19.1 Å². The van der Waals surface area contributed by atoms with Gasteiger partial charge in [0.25, 0.3) is 0 Å². The Morgan fingerprint density at radius 2 is 2.17 bits per heavy atom. The largest absolute Gasteiger partial charge is 0.486 e. The number of rotatable bonds is 4. The zero-order valence-electron chi connectivity index (χ0n) is 9.80. The number of ether oxygens (including phenoxy) is 1. The van der Waals surface area contributed by atoms with Crippen molar-refractivity contribution in [2.24, 2.45) is 0 Å². The van der Waals surface area contributed by atoms with E-state index >= 15 is 0 Å². The van der Waals surface area contributed by atoms with Gasteiger partial charge in [0.2, 0.25) is 0 Å². The zero-order valence-corrected chi connectivity index (χ0v) is 9.80. The molecule has 1 N–H and O–H groups in total. The summed E-state index contributed by atoms with van der Waals surface area (Å²) in [6.07, 6.45) is 0. The van der Waals surface area contributed by atoms with Crippen molar-refractivity contribution >= 4 is 16.8 Å². The third kappa shape index (κ3) is 2.57. The van der Waals surface area contributed by atoms with Crippen LogP contribution in [-0.4, -0.2) is 17.5 Å². The highest BCUT2D eigenvalue weighted by atomic mass is 16.5. The monoisotopic (exact) mass is 248 g/mol. The van der Waals surface area contributed by atoms with Crippen molar-refractivity contribution in [3.8, 4) is 5.75 Å². The lowest BCUT2D eigenvalue weighted by molar-refractivity contribution is -0.118. The lowest BCUT2D eigenvalue weighted by Crippen LogP contribution is -2.06. The molecule has 5 heteroatoms. The average molecular weight is 248 g/mol.